The average Bonchev–Trinajstić information content (AvgIpc) is 3.54. The molecule has 2 heterocycles. The summed E-state index contributed by atoms with van der Waals surface area (Å²) >= 11 is 0. The Bertz CT molecular complexity index is 2860. The number of para-hydroxylation sites is 2. The monoisotopic (exact) mass is 770 g/mol. The fourth-order valence-electron chi connectivity index (χ4n) is 8.31. The van der Waals surface area contributed by atoms with E-state index in [0.717, 1.165) is 52.7 Å². The number of nitrogens with zero attached hydrogens (tertiary/aromatic N) is 2. The van der Waals surface area contributed by atoms with Crippen LogP contribution >= 0.6 is 0 Å². The summed E-state index contributed by atoms with van der Waals surface area (Å²) in [6.45, 7) is 10.0. The van der Waals surface area contributed by atoms with E-state index in [-0.39, 0.29) is 5.78 Å². The van der Waals surface area contributed by atoms with Crippen molar-refractivity contribution < 1.29 is 9.53 Å². The molecule has 0 bridgehead atoms. The molecule has 0 saturated carbocycles. The van der Waals surface area contributed by atoms with Crippen LogP contribution in [0.25, 0.3) is 46.6 Å². The maximum atomic E-state index is 13.5. The molecular weight excluding hydrogens is 721 g/mol. The molecule has 4 aliphatic rings. The maximum Gasteiger partial charge on any atom is 0.163 e. The van der Waals surface area contributed by atoms with E-state index in [1.165, 1.54) is 38.6 Å². The largest absolute Gasteiger partial charge is 0.458 e. The number of ether oxygens (including phenoxy) is 1. The summed E-state index contributed by atoms with van der Waals surface area (Å²) in [5.41, 5.74) is 12.2. The molecule has 0 unspecified atom stereocenters. The highest BCUT2D eigenvalue weighted by Crippen LogP contribution is 2.35. The van der Waals surface area contributed by atoms with Crippen LogP contribution in [-0.2, 0) is 22.4 Å². The van der Waals surface area contributed by atoms with Crippen molar-refractivity contribution in [1.29, 1.82) is 0 Å². The zero-order valence-corrected chi connectivity index (χ0v) is 34.2. The Labute approximate surface area is 347 Å². The van der Waals surface area contributed by atoms with Crippen LogP contribution in [0.4, 0.5) is 0 Å². The first-order valence-electron chi connectivity index (χ1n) is 20.6. The van der Waals surface area contributed by atoms with Crippen molar-refractivity contribution in [2.45, 2.75) is 52.9 Å². The molecule has 2 aromatic carbocycles. The highest BCUT2D eigenvalue weighted by atomic mass is 16.5. The lowest BCUT2D eigenvalue weighted by atomic mass is 10.0. The van der Waals surface area contributed by atoms with Gasteiger partial charge in [-0.15, -0.1) is 0 Å². The maximum absolute atomic E-state index is 13.5. The van der Waals surface area contributed by atoms with Crippen molar-refractivity contribution in [2.75, 3.05) is 0 Å². The number of aromatic nitrogens is 2. The van der Waals surface area contributed by atoms with Crippen LogP contribution in [0.3, 0.4) is 0 Å². The van der Waals surface area contributed by atoms with Crippen molar-refractivity contribution in [3.05, 3.63) is 225 Å². The standard InChI is InChI=1S/C55H50N2O2/c1-5-6-11-28-55(50(41(4)58)38-42-29-33-48-47-25-18-19-27-52(47)56(53(48)35-30-42)44-20-12-7-8-13-21-44)59-40(3)37-39(2)43-31-34-49-46-24-16-10-17-26-51(46)57(54(49)36-32-43)45-22-14-9-15-23-45/h5-7,9-10,12-23,25-28,30-33,35-38H,3,8,11,24,29,34H2,1-2,4H3/b6-5-,39-37+,50-38+,55-28+. The fraction of sp³-hybridized carbons (Fsp3) is 0.145. The number of carbonyl (C=O) groups excluding carboxylic acids is 1. The summed E-state index contributed by atoms with van der Waals surface area (Å²) < 4.78 is 11.2. The summed E-state index contributed by atoms with van der Waals surface area (Å²) in [5.74, 6) is 0.898. The first-order chi connectivity index (χ1) is 28.9. The predicted molar refractivity (Wildman–Crippen MR) is 249 cm³/mol. The van der Waals surface area contributed by atoms with Gasteiger partial charge in [0.05, 0.1) is 27.8 Å². The lowest BCUT2D eigenvalue weighted by Crippen LogP contribution is -2.28. The van der Waals surface area contributed by atoms with Gasteiger partial charge in [-0.25, -0.2) is 0 Å². The van der Waals surface area contributed by atoms with Gasteiger partial charge in [0.25, 0.3) is 0 Å². The number of hydrogen-bond donors (Lipinski definition) is 0. The van der Waals surface area contributed by atoms with Crippen molar-refractivity contribution >= 4 is 46.7 Å². The van der Waals surface area contributed by atoms with Gasteiger partial charge in [0.15, 0.2) is 5.78 Å². The molecule has 292 valence electrons. The lowest BCUT2D eigenvalue weighted by molar-refractivity contribution is -0.113. The second-order valence-electron chi connectivity index (χ2n) is 15.1. The van der Waals surface area contributed by atoms with Crippen molar-refractivity contribution in [3.8, 4) is 5.69 Å². The summed E-state index contributed by atoms with van der Waals surface area (Å²) in [4.78, 5) is 13.5. The van der Waals surface area contributed by atoms with Crippen molar-refractivity contribution in [1.82, 2.24) is 9.13 Å². The fourth-order valence-corrected chi connectivity index (χ4v) is 8.31. The Morgan fingerprint density at radius 3 is 2.46 bits per heavy atom. The molecule has 4 aromatic rings. The van der Waals surface area contributed by atoms with Crippen LogP contribution in [0.2, 0.25) is 0 Å². The number of ketones is 1. The molecular formula is C55H50N2O2. The molecule has 0 aliphatic heterocycles. The number of carbonyl (C=O) groups is 1. The molecule has 2 aromatic heterocycles. The van der Waals surface area contributed by atoms with Crippen LogP contribution in [0.1, 0.15) is 62.5 Å². The van der Waals surface area contributed by atoms with Gasteiger partial charge in [0.1, 0.15) is 11.5 Å². The molecule has 0 N–H and O–H groups in total. The second-order valence-corrected chi connectivity index (χ2v) is 15.1. The molecule has 0 amide bonds. The third-order valence-electron chi connectivity index (χ3n) is 11.1. The highest BCUT2D eigenvalue weighted by Gasteiger charge is 2.22. The van der Waals surface area contributed by atoms with Gasteiger partial charge in [0.2, 0.25) is 0 Å². The number of Topliss-reactive ketones (excluding diaryl/α,β-unsaturated/α-hetero) is 1. The van der Waals surface area contributed by atoms with Gasteiger partial charge < -0.3 is 13.9 Å². The van der Waals surface area contributed by atoms with Gasteiger partial charge in [0, 0.05) is 22.0 Å². The smallest absolute Gasteiger partial charge is 0.163 e. The van der Waals surface area contributed by atoms with E-state index >= 15 is 0 Å². The number of fused-ring (bicyclic) bond motifs is 6. The van der Waals surface area contributed by atoms with Crippen LogP contribution < -0.4 is 10.6 Å². The van der Waals surface area contributed by atoms with Crippen LogP contribution in [0.5, 0.6) is 0 Å². The van der Waals surface area contributed by atoms with E-state index in [1.54, 1.807) is 6.92 Å². The van der Waals surface area contributed by atoms with E-state index in [0.29, 0.717) is 29.9 Å². The highest BCUT2D eigenvalue weighted by molar-refractivity contribution is 5.98. The molecule has 0 atom stereocenters. The third kappa shape index (κ3) is 8.26. The number of benzene rings is 2. The molecule has 0 saturated heterocycles. The quantitative estimate of drug-likeness (QED) is 0.0659. The van der Waals surface area contributed by atoms with E-state index < -0.39 is 0 Å². The number of rotatable bonds is 11. The van der Waals surface area contributed by atoms with Crippen molar-refractivity contribution in [2.24, 2.45) is 0 Å². The van der Waals surface area contributed by atoms with Gasteiger partial charge in [-0.3, -0.25) is 4.79 Å². The lowest BCUT2D eigenvalue weighted by Gasteiger charge is -2.14. The van der Waals surface area contributed by atoms with Gasteiger partial charge in [-0.2, -0.15) is 0 Å². The molecule has 4 nitrogen and oxygen atoms in total. The Hall–Kier alpha value is -6.91. The first kappa shape index (κ1) is 38.9. The predicted octanol–water partition coefficient (Wildman–Crippen LogP) is 11.8. The Kier molecular flexibility index (Phi) is 11.7. The van der Waals surface area contributed by atoms with Crippen LogP contribution in [-0.4, -0.2) is 14.9 Å². The molecule has 59 heavy (non-hydrogen) atoms. The third-order valence-corrected chi connectivity index (χ3v) is 11.1. The van der Waals surface area contributed by atoms with E-state index in [4.69, 9.17) is 4.74 Å². The second kappa shape index (κ2) is 17.7. The average molecular weight is 771 g/mol. The van der Waals surface area contributed by atoms with Crippen LogP contribution in [0.15, 0.2) is 192 Å². The zero-order valence-electron chi connectivity index (χ0n) is 34.2. The normalized spacial score (nSPS) is 16.5. The molecule has 4 aliphatic carbocycles. The minimum atomic E-state index is -0.0711. The molecule has 0 spiro atoms. The summed E-state index contributed by atoms with van der Waals surface area (Å²) in [6.07, 6.45) is 46.8. The minimum absolute atomic E-state index is 0.0711. The molecule has 4 heteroatoms. The summed E-state index contributed by atoms with van der Waals surface area (Å²) in [7, 11) is 0. The van der Waals surface area contributed by atoms with Gasteiger partial charge >= 0.3 is 0 Å². The summed E-state index contributed by atoms with van der Waals surface area (Å²) in [6, 6.07) is 19.1. The molecule has 8 rings (SSSR count). The molecule has 0 fully saturated rings. The first-order valence-corrected chi connectivity index (χ1v) is 20.6. The molecule has 0 radical (unpaired) electrons. The summed E-state index contributed by atoms with van der Waals surface area (Å²) in [5, 5.41) is 3.51. The SMILES string of the molecule is C=C(/C=C(\C)C1=CCc2c3c(n(-c4ccccc4)c2C=C1)C=CC=CC3)OC(=C/C/C=C\C)/C(=C/C1=CC=c2c(c3ccccc3n2C2=CC=CCC=C2)=CC1)C(C)=O. The van der Waals surface area contributed by atoms with Gasteiger partial charge in [-0.1, -0.05) is 116 Å². The van der Waals surface area contributed by atoms with Crippen LogP contribution in [0, 0.1) is 0 Å². The zero-order chi connectivity index (χ0) is 40.7. The van der Waals surface area contributed by atoms with Gasteiger partial charge in [-0.05, 0) is 148 Å². The van der Waals surface area contributed by atoms with Crippen molar-refractivity contribution in [3.63, 3.8) is 0 Å². The Morgan fingerprint density at radius 2 is 1.61 bits per heavy atom. The topological polar surface area (TPSA) is 36.2 Å². The number of hydrogen-bond acceptors (Lipinski definition) is 2. The minimum Gasteiger partial charge on any atom is -0.458 e. The Balaban J connectivity index is 1.09. The van der Waals surface area contributed by atoms with E-state index in [2.05, 4.69) is 174 Å². The van der Waals surface area contributed by atoms with E-state index in [1.807, 2.05) is 31.2 Å². The Morgan fingerprint density at radius 1 is 0.797 bits per heavy atom. The van der Waals surface area contributed by atoms with E-state index in [9.17, 15) is 4.79 Å². The number of allylic oxidation sites excluding steroid dienone is 21.